The van der Waals surface area contributed by atoms with Crippen molar-refractivity contribution >= 4 is 58.1 Å². The number of fused-ring (bicyclic) bond motifs is 1. The van der Waals surface area contributed by atoms with Gasteiger partial charge in [-0.15, -0.1) is 0 Å². The second-order valence-electron chi connectivity index (χ2n) is 10.4. The number of carbonyl (C=O) groups excluding carboxylic acids is 3. The molecule has 6 N–H and O–H groups in total. The molecule has 0 aliphatic heterocycles. The van der Waals surface area contributed by atoms with Gasteiger partial charge in [-0.25, -0.2) is 4.63 Å². The third-order valence-corrected chi connectivity index (χ3v) is 7.17. The molecular weight excluding hydrogens is 574 g/mol. The molecule has 13 heteroatoms. The molecule has 3 aromatic heterocycles. The van der Waals surface area contributed by atoms with Crippen LogP contribution in [0.15, 0.2) is 70.5 Å². The molecule has 0 saturated carbocycles. The molecule has 0 fully saturated rings. The number of amidine groups is 1. The van der Waals surface area contributed by atoms with E-state index in [1.165, 1.54) is 0 Å². The van der Waals surface area contributed by atoms with Crippen molar-refractivity contribution in [1.82, 2.24) is 19.4 Å². The number of benzene rings is 2. The van der Waals surface area contributed by atoms with E-state index >= 15 is 0 Å². The van der Waals surface area contributed by atoms with Crippen LogP contribution in [-0.4, -0.2) is 49.5 Å². The number of anilines is 2. The van der Waals surface area contributed by atoms with E-state index in [0.717, 1.165) is 11.1 Å². The molecular formula is C32H33N9O4. The van der Waals surface area contributed by atoms with Gasteiger partial charge in [-0.2, -0.15) is 0 Å². The zero-order valence-corrected chi connectivity index (χ0v) is 25.1. The number of hydrogen-bond donors (Lipinski definition) is 4. The Bertz CT molecular complexity index is 1940. The number of rotatable bonds is 11. The average molecular weight is 608 g/mol. The minimum absolute atomic E-state index is 0.279. The molecule has 0 bridgehead atoms. The van der Waals surface area contributed by atoms with Crippen LogP contribution in [0.2, 0.25) is 0 Å². The number of carbonyl (C=O) groups is 3. The summed E-state index contributed by atoms with van der Waals surface area (Å²) < 4.78 is 7.92. The lowest BCUT2D eigenvalue weighted by atomic mass is 10.1. The fraction of sp³-hybridized carbons (Fsp3) is 0.188. The second kappa shape index (κ2) is 13.1. The monoisotopic (exact) mass is 607 g/mol. The van der Waals surface area contributed by atoms with Crippen LogP contribution < -0.4 is 22.1 Å². The van der Waals surface area contributed by atoms with Crippen LogP contribution in [0.1, 0.15) is 61.4 Å². The van der Waals surface area contributed by atoms with Crippen LogP contribution in [0.5, 0.6) is 0 Å². The lowest BCUT2D eigenvalue weighted by Crippen LogP contribution is -2.20. The lowest BCUT2D eigenvalue weighted by Gasteiger charge is -2.09. The number of nitrogens with one attached hydrogen (secondary N) is 2. The maximum Gasteiger partial charge on any atom is 0.272 e. The van der Waals surface area contributed by atoms with Gasteiger partial charge in [0.25, 0.3) is 17.7 Å². The first-order chi connectivity index (χ1) is 21.6. The first kappa shape index (κ1) is 30.5. The van der Waals surface area contributed by atoms with Crippen LogP contribution in [0.3, 0.4) is 0 Å². The maximum absolute atomic E-state index is 13.3. The van der Waals surface area contributed by atoms with Gasteiger partial charge < -0.3 is 31.2 Å². The van der Waals surface area contributed by atoms with Gasteiger partial charge in [0.1, 0.15) is 22.4 Å². The van der Waals surface area contributed by atoms with Gasteiger partial charge in [0, 0.05) is 50.6 Å². The molecule has 0 radical (unpaired) electrons. The van der Waals surface area contributed by atoms with E-state index in [9.17, 15) is 14.4 Å². The Labute approximate surface area is 258 Å². The first-order valence-corrected chi connectivity index (χ1v) is 14.2. The van der Waals surface area contributed by atoms with Crippen LogP contribution in [-0.2, 0) is 20.5 Å². The topological polar surface area (TPSA) is 188 Å². The largest absolute Gasteiger partial charge is 0.387 e. The van der Waals surface area contributed by atoms with Gasteiger partial charge >= 0.3 is 0 Å². The predicted octanol–water partition coefficient (Wildman–Crippen LogP) is 3.98. The average Bonchev–Trinajstić information content (AvgIpc) is 3.71. The number of hydrogen-bond acceptors (Lipinski definition) is 7. The van der Waals surface area contributed by atoms with E-state index in [4.69, 9.17) is 16.1 Å². The Morgan fingerprint density at radius 1 is 0.889 bits per heavy atom. The normalized spacial score (nSPS) is 11.8. The zero-order chi connectivity index (χ0) is 32.1. The zero-order valence-electron chi connectivity index (χ0n) is 25.1. The van der Waals surface area contributed by atoms with E-state index in [-0.39, 0.29) is 11.6 Å². The van der Waals surface area contributed by atoms with E-state index < -0.39 is 11.8 Å². The minimum Gasteiger partial charge on any atom is -0.387 e. The summed E-state index contributed by atoms with van der Waals surface area (Å²) in [6.07, 6.45) is 7.91. The number of aryl methyl sites for hydroxylation is 2. The molecule has 3 amide bonds. The lowest BCUT2D eigenvalue weighted by molar-refractivity contribution is 0.0987. The number of amides is 3. The van der Waals surface area contributed by atoms with Gasteiger partial charge in [-0.05, 0) is 65.1 Å². The Morgan fingerprint density at radius 3 is 2.33 bits per heavy atom. The van der Waals surface area contributed by atoms with Crippen molar-refractivity contribution < 1.29 is 19.0 Å². The van der Waals surface area contributed by atoms with Crippen molar-refractivity contribution in [3.05, 3.63) is 94.6 Å². The smallest absolute Gasteiger partial charge is 0.272 e. The Hall–Kier alpha value is -5.98. The molecule has 0 saturated heterocycles. The SMILES string of the molecule is CCN=C(N)CCc1c(NC(=O)c2cc(NC(=O)c3ccc(/C=C/c4ccc5nonc5c4)cc3)cn2C)cn(C)c1C(N)=O. The maximum atomic E-state index is 13.3. The summed E-state index contributed by atoms with van der Waals surface area (Å²) in [7, 11) is 3.38. The van der Waals surface area contributed by atoms with Gasteiger partial charge in [-0.3, -0.25) is 19.4 Å². The summed E-state index contributed by atoms with van der Waals surface area (Å²) in [5.41, 5.74) is 17.3. The molecule has 0 unspecified atom stereocenters. The van der Waals surface area contributed by atoms with E-state index in [2.05, 4.69) is 25.9 Å². The number of nitrogens with two attached hydrogens (primary N) is 2. The van der Waals surface area contributed by atoms with Gasteiger partial charge in [0.15, 0.2) is 0 Å². The second-order valence-corrected chi connectivity index (χ2v) is 10.4. The van der Waals surface area contributed by atoms with E-state index in [1.54, 1.807) is 53.8 Å². The van der Waals surface area contributed by atoms with Crippen molar-refractivity contribution in [2.45, 2.75) is 19.8 Å². The molecule has 0 atom stereocenters. The quantitative estimate of drug-likeness (QED) is 0.0992. The Morgan fingerprint density at radius 2 is 1.60 bits per heavy atom. The first-order valence-electron chi connectivity index (χ1n) is 14.2. The summed E-state index contributed by atoms with van der Waals surface area (Å²) >= 11 is 0. The van der Waals surface area contributed by atoms with Gasteiger partial charge in [0.2, 0.25) is 0 Å². The highest BCUT2D eigenvalue weighted by molar-refractivity contribution is 6.08. The molecule has 0 aliphatic rings. The summed E-state index contributed by atoms with van der Waals surface area (Å²) in [6, 6.07) is 14.3. The van der Waals surface area contributed by atoms with Crippen LogP contribution in [0.4, 0.5) is 11.4 Å². The fourth-order valence-corrected chi connectivity index (χ4v) is 4.98. The summed E-state index contributed by atoms with van der Waals surface area (Å²) in [5, 5.41) is 13.4. The molecule has 0 aliphatic carbocycles. The van der Waals surface area contributed by atoms with Crippen molar-refractivity contribution in [3.63, 3.8) is 0 Å². The molecule has 0 spiro atoms. The highest BCUT2D eigenvalue weighted by atomic mass is 16.6. The molecule has 230 valence electrons. The van der Waals surface area contributed by atoms with Crippen molar-refractivity contribution in [2.24, 2.45) is 30.6 Å². The third kappa shape index (κ3) is 6.99. The van der Waals surface area contributed by atoms with E-state index in [0.29, 0.717) is 64.5 Å². The van der Waals surface area contributed by atoms with Crippen LogP contribution in [0.25, 0.3) is 23.2 Å². The number of primary amides is 1. The summed E-state index contributed by atoms with van der Waals surface area (Å²) in [5.74, 6) is -0.919. The number of aromatic nitrogens is 4. The number of aliphatic imine (C=N–C) groups is 1. The Balaban J connectivity index is 1.25. The Kier molecular flexibility index (Phi) is 8.89. The molecule has 5 aromatic rings. The molecule has 2 aromatic carbocycles. The standard InChI is InChI=1S/C32H33N9O4/c1-4-35-28(33)14-12-23-26(18-41(3)29(23)30(34)42)37-32(44)27-16-22(17-40(27)2)36-31(43)21-10-7-19(8-11-21)5-6-20-9-13-24-25(15-20)39-45-38-24/h5-11,13,15-18H,4,12,14H2,1-3H3,(H2,33,35)(H2,34,42)(H,36,43)(H,37,44)/b6-5+. The third-order valence-electron chi connectivity index (χ3n) is 7.17. The summed E-state index contributed by atoms with van der Waals surface area (Å²) in [4.78, 5) is 42.6. The van der Waals surface area contributed by atoms with E-state index in [1.807, 2.05) is 49.4 Å². The van der Waals surface area contributed by atoms with Crippen molar-refractivity contribution in [2.75, 3.05) is 17.2 Å². The summed E-state index contributed by atoms with van der Waals surface area (Å²) in [6.45, 7) is 2.42. The van der Waals surface area contributed by atoms with Crippen LogP contribution in [0, 0.1) is 0 Å². The highest BCUT2D eigenvalue weighted by Crippen LogP contribution is 2.25. The molecule has 45 heavy (non-hydrogen) atoms. The predicted molar refractivity (Wildman–Crippen MR) is 173 cm³/mol. The molecule has 3 heterocycles. The fourth-order valence-electron chi connectivity index (χ4n) is 4.98. The highest BCUT2D eigenvalue weighted by Gasteiger charge is 2.22. The number of nitrogens with zero attached hydrogens (tertiary/aromatic N) is 5. The van der Waals surface area contributed by atoms with Crippen molar-refractivity contribution in [1.29, 1.82) is 0 Å². The van der Waals surface area contributed by atoms with Crippen LogP contribution >= 0.6 is 0 Å². The van der Waals surface area contributed by atoms with Crippen molar-refractivity contribution in [3.8, 4) is 0 Å². The van der Waals surface area contributed by atoms with Gasteiger partial charge in [-0.1, -0.05) is 30.4 Å². The van der Waals surface area contributed by atoms with Gasteiger partial charge in [0.05, 0.1) is 17.2 Å². The minimum atomic E-state index is -0.616. The molecule has 5 rings (SSSR count). The molecule has 13 nitrogen and oxygen atoms in total.